The fourth-order valence-electron chi connectivity index (χ4n) is 2.40. The van der Waals surface area contributed by atoms with E-state index in [4.69, 9.17) is 20.8 Å². The molecule has 0 fully saturated rings. The second kappa shape index (κ2) is 6.34. The maximum Gasteiger partial charge on any atom is 0.226 e. The van der Waals surface area contributed by atoms with Crippen LogP contribution >= 0.6 is 11.6 Å². The van der Waals surface area contributed by atoms with E-state index in [1.165, 1.54) is 0 Å². The summed E-state index contributed by atoms with van der Waals surface area (Å²) in [5, 5.41) is 0.726. The number of benzene rings is 2. The second-order valence-electron chi connectivity index (χ2n) is 5.09. The number of halogens is 1. The Hall–Kier alpha value is -2.10. The Bertz CT molecular complexity index is 778. The lowest BCUT2D eigenvalue weighted by Crippen LogP contribution is -1.93. The lowest BCUT2D eigenvalue weighted by atomic mass is 9.98. The van der Waals surface area contributed by atoms with Gasteiger partial charge in [-0.2, -0.15) is 0 Å². The first-order valence-corrected chi connectivity index (χ1v) is 7.36. The van der Waals surface area contributed by atoms with Crippen LogP contribution in [0.4, 0.5) is 0 Å². The van der Waals surface area contributed by atoms with Gasteiger partial charge in [0.1, 0.15) is 5.76 Å². The number of oxazole rings is 1. The molecule has 0 saturated heterocycles. The molecule has 0 aliphatic rings. The number of hydrogen-bond acceptors (Lipinski definition) is 3. The van der Waals surface area contributed by atoms with Gasteiger partial charge in [-0.05, 0) is 47.9 Å². The average Bonchev–Trinajstić information content (AvgIpc) is 2.95. The van der Waals surface area contributed by atoms with Crippen LogP contribution in [0.15, 0.2) is 53.1 Å². The van der Waals surface area contributed by atoms with Crippen molar-refractivity contribution in [2.24, 2.45) is 0 Å². The van der Waals surface area contributed by atoms with Gasteiger partial charge in [-0.1, -0.05) is 29.8 Å². The molecule has 0 atom stereocenters. The molecular formula is C18H16ClNO2. The molecule has 1 aromatic heterocycles. The van der Waals surface area contributed by atoms with Crippen molar-refractivity contribution in [2.75, 3.05) is 7.11 Å². The molecule has 0 spiro atoms. The number of ether oxygens (including phenoxy) is 1. The van der Waals surface area contributed by atoms with E-state index in [2.05, 4.69) is 17.1 Å². The third kappa shape index (κ3) is 3.06. The van der Waals surface area contributed by atoms with E-state index < -0.39 is 0 Å². The molecule has 0 aliphatic heterocycles. The maximum atomic E-state index is 5.96. The summed E-state index contributed by atoms with van der Waals surface area (Å²) in [6.07, 6.45) is 1.72. The van der Waals surface area contributed by atoms with Crippen molar-refractivity contribution in [1.82, 2.24) is 4.98 Å². The van der Waals surface area contributed by atoms with E-state index in [1.54, 1.807) is 13.3 Å². The van der Waals surface area contributed by atoms with Crippen LogP contribution in [0.25, 0.3) is 22.6 Å². The highest BCUT2D eigenvalue weighted by Gasteiger charge is 2.10. The fourth-order valence-corrected chi connectivity index (χ4v) is 2.53. The van der Waals surface area contributed by atoms with Crippen LogP contribution in [0, 0.1) is 6.92 Å². The Balaban J connectivity index is 2.05. The van der Waals surface area contributed by atoms with Gasteiger partial charge in [0.2, 0.25) is 5.89 Å². The van der Waals surface area contributed by atoms with Crippen LogP contribution in [0.1, 0.15) is 11.3 Å². The van der Waals surface area contributed by atoms with Gasteiger partial charge in [0, 0.05) is 17.7 Å². The van der Waals surface area contributed by atoms with Gasteiger partial charge in [0.25, 0.3) is 0 Å². The summed E-state index contributed by atoms with van der Waals surface area (Å²) >= 11 is 5.96. The molecule has 0 N–H and O–H groups in total. The minimum absolute atomic E-state index is 0.519. The number of nitrogens with zero attached hydrogens (tertiary/aromatic N) is 1. The summed E-state index contributed by atoms with van der Waals surface area (Å²) in [4.78, 5) is 4.28. The maximum absolute atomic E-state index is 5.96. The molecular weight excluding hydrogens is 298 g/mol. The number of hydrogen-bond donors (Lipinski definition) is 0. The normalized spacial score (nSPS) is 10.9. The highest BCUT2D eigenvalue weighted by molar-refractivity contribution is 6.30. The molecule has 2 aromatic carbocycles. The van der Waals surface area contributed by atoms with Gasteiger partial charge in [-0.3, -0.25) is 0 Å². The molecule has 0 bridgehead atoms. The molecule has 4 heteroatoms. The van der Waals surface area contributed by atoms with E-state index in [1.807, 2.05) is 37.3 Å². The van der Waals surface area contributed by atoms with Crippen LogP contribution in [0.5, 0.6) is 0 Å². The Morgan fingerprint density at radius 2 is 1.82 bits per heavy atom. The van der Waals surface area contributed by atoms with Crippen molar-refractivity contribution >= 4 is 11.6 Å². The van der Waals surface area contributed by atoms with Crippen molar-refractivity contribution in [1.29, 1.82) is 0 Å². The first kappa shape index (κ1) is 14.8. The van der Waals surface area contributed by atoms with Crippen LogP contribution in [0.2, 0.25) is 5.02 Å². The zero-order valence-electron chi connectivity index (χ0n) is 12.5. The average molecular weight is 314 g/mol. The Morgan fingerprint density at radius 3 is 2.45 bits per heavy atom. The number of methoxy groups -OCH3 is 1. The topological polar surface area (TPSA) is 35.3 Å². The SMILES string of the molecule is COCc1cc(-c2ncc(C)o2)ccc1-c1ccc(Cl)cc1. The molecule has 3 nitrogen and oxygen atoms in total. The molecule has 0 aliphatic carbocycles. The predicted molar refractivity (Wildman–Crippen MR) is 87.8 cm³/mol. The molecule has 0 saturated carbocycles. The van der Waals surface area contributed by atoms with E-state index in [9.17, 15) is 0 Å². The minimum atomic E-state index is 0.519. The van der Waals surface area contributed by atoms with Crippen molar-refractivity contribution in [3.63, 3.8) is 0 Å². The van der Waals surface area contributed by atoms with Crippen LogP contribution in [-0.4, -0.2) is 12.1 Å². The summed E-state index contributed by atoms with van der Waals surface area (Å²) in [6.45, 7) is 2.40. The molecule has 0 radical (unpaired) electrons. The first-order chi connectivity index (χ1) is 10.7. The Morgan fingerprint density at radius 1 is 1.09 bits per heavy atom. The minimum Gasteiger partial charge on any atom is -0.441 e. The smallest absolute Gasteiger partial charge is 0.226 e. The van der Waals surface area contributed by atoms with Crippen LogP contribution < -0.4 is 0 Å². The molecule has 0 unspecified atom stereocenters. The highest BCUT2D eigenvalue weighted by Crippen LogP contribution is 2.30. The monoisotopic (exact) mass is 313 g/mol. The summed E-state index contributed by atoms with van der Waals surface area (Å²) < 4.78 is 10.9. The van der Waals surface area contributed by atoms with E-state index in [-0.39, 0.29) is 0 Å². The molecule has 22 heavy (non-hydrogen) atoms. The standard InChI is InChI=1S/C18H16ClNO2/c1-12-10-20-18(22-12)14-5-8-17(15(9-14)11-21-2)13-3-6-16(19)7-4-13/h3-10H,11H2,1-2H3. The molecule has 3 rings (SSSR count). The van der Waals surface area contributed by atoms with Crippen LogP contribution in [-0.2, 0) is 11.3 Å². The van der Waals surface area contributed by atoms with Crippen molar-refractivity contribution in [3.05, 3.63) is 65.0 Å². The zero-order chi connectivity index (χ0) is 15.5. The van der Waals surface area contributed by atoms with Gasteiger partial charge in [-0.25, -0.2) is 4.98 Å². The van der Waals surface area contributed by atoms with E-state index >= 15 is 0 Å². The number of aromatic nitrogens is 1. The van der Waals surface area contributed by atoms with Crippen LogP contribution in [0.3, 0.4) is 0 Å². The van der Waals surface area contributed by atoms with E-state index in [0.717, 1.165) is 33.0 Å². The molecule has 0 amide bonds. The number of aryl methyl sites for hydroxylation is 1. The lowest BCUT2D eigenvalue weighted by molar-refractivity contribution is 0.185. The Kier molecular flexibility index (Phi) is 4.27. The third-order valence-corrected chi connectivity index (χ3v) is 3.68. The lowest BCUT2D eigenvalue weighted by Gasteiger charge is -2.11. The summed E-state index contributed by atoms with van der Waals surface area (Å²) in [5.41, 5.74) is 4.24. The molecule has 1 heterocycles. The van der Waals surface area contributed by atoms with Crippen molar-refractivity contribution in [2.45, 2.75) is 13.5 Å². The third-order valence-electron chi connectivity index (χ3n) is 3.43. The van der Waals surface area contributed by atoms with Gasteiger partial charge in [0.15, 0.2) is 0 Å². The molecule has 3 aromatic rings. The number of rotatable bonds is 4. The Labute approximate surface area is 134 Å². The summed E-state index contributed by atoms with van der Waals surface area (Å²) in [5.74, 6) is 1.42. The van der Waals surface area contributed by atoms with E-state index in [0.29, 0.717) is 12.5 Å². The zero-order valence-corrected chi connectivity index (χ0v) is 13.2. The van der Waals surface area contributed by atoms with Gasteiger partial charge in [0.05, 0.1) is 12.8 Å². The fraction of sp³-hybridized carbons (Fsp3) is 0.167. The predicted octanol–water partition coefficient (Wildman–Crippen LogP) is 5.12. The van der Waals surface area contributed by atoms with Gasteiger partial charge < -0.3 is 9.15 Å². The van der Waals surface area contributed by atoms with Gasteiger partial charge in [-0.15, -0.1) is 0 Å². The quantitative estimate of drug-likeness (QED) is 0.671. The second-order valence-corrected chi connectivity index (χ2v) is 5.52. The summed E-state index contributed by atoms with van der Waals surface area (Å²) in [7, 11) is 1.69. The van der Waals surface area contributed by atoms with Gasteiger partial charge >= 0.3 is 0 Å². The van der Waals surface area contributed by atoms with Crippen molar-refractivity contribution in [3.8, 4) is 22.6 Å². The highest BCUT2D eigenvalue weighted by atomic mass is 35.5. The summed E-state index contributed by atoms with van der Waals surface area (Å²) in [6, 6.07) is 13.9. The molecule has 112 valence electrons. The first-order valence-electron chi connectivity index (χ1n) is 6.98. The largest absolute Gasteiger partial charge is 0.441 e. The van der Waals surface area contributed by atoms with Crippen molar-refractivity contribution < 1.29 is 9.15 Å².